The van der Waals surface area contributed by atoms with Gasteiger partial charge >= 0.3 is 65.2 Å². The predicted octanol–water partition coefficient (Wildman–Crippen LogP) is -6.17. The van der Waals surface area contributed by atoms with E-state index >= 15 is 0 Å². The van der Waals surface area contributed by atoms with Crippen molar-refractivity contribution >= 4 is 19.6 Å². The first-order chi connectivity index (χ1) is 14.4. The monoisotopic (exact) mass is 474 g/mol. The molecule has 2 aromatic heterocycles. The van der Waals surface area contributed by atoms with Crippen molar-refractivity contribution in [3.05, 3.63) is 48.4 Å². The van der Waals surface area contributed by atoms with Gasteiger partial charge in [0.15, 0.2) is 5.82 Å². The van der Waals surface area contributed by atoms with Crippen LogP contribution in [0.3, 0.4) is 0 Å². The molecule has 0 bridgehead atoms. The molecular formula is C17H13N6Na2O6P. The van der Waals surface area contributed by atoms with E-state index in [-0.39, 0.29) is 59.1 Å². The summed E-state index contributed by atoms with van der Waals surface area (Å²) in [6.07, 6.45) is 2.14. The summed E-state index contributed by atoms with van der Waals surface area (Å²) < 4.78 is 21.7. The zero-order valence-corrected chi connectivity index (χ0v) is 22.1. The average molecular weight is 474 g/mol. The Morgan fingerprint density at radius 3 is 2.62 bits per heavy atom. The van der Waals surface area contributed by atoms with E-state index in [0.29, 0.717) is 17.9 Å². The number of pyridine rings is 1. The van der Waals surface area contributed by atoms with Crippen LogP contribution in [0.5, 0.6) is 0 Å². The Hall–Kier alpha value is -1.18. The summed E-state index contributed by atoms with van der Waals surface area (Å²) in [4.78, 5) is 39.6. The first-order valence-electron chi connectivity index (χ1n) is 8.88. The summed E-state index contributed by atoms with van der Waals surface area (Å²) in [5.74, 6) is 0.574. The van der Waals surface area contributed by atoms with Crippen LogP contribution in [0.1, 0.15) is 5.56 Å². The maximum absolute atomic E-state index is 12.3. The third-order valence-corrected chi connectivity index (χ3v) is 5.50. The number of amides is 1. The van der Waals surface area contributed by atoms with Gasteiger partial charge in [-0.2, -0.15) is 4.68 Å². The van der Waals surface area contributed by atoms with E-state index < -0.39 is 32.7 Å². The first kappa shape index (κ1) is 25.4. The van der Waals surface area contributed by atoms with Crippen LogP contribution >= 0.6 is 7.82 Å². The number of tetrazole rings is 1. The standard InChI is InChI=1S/C17H15N6O6P.2Na/c24-17-23-13-3-1-10(11-2-4-16(18-7-11)22-9-19-20-21-22)5-12(13)6-14(23)15(29-17)8-28-30(25,26)27;;/h1-5,7,9,14-15H,6,8H2,(H2,25,26,27);;/q;2*+1/p-2/t14-,15-;;/m0../s1. The Labute approximate surface area is 226 Å². The van der Waals surface area contributed by atoms with E-state index in [2.05, 4.69) is 25.0 Å². The minimum absolute atomic E-state index is 0. The van der Waals surface area contributed by atoms with Crippen molar-refractivity contribution in [2.75, 3.05) is 11.5 Å². The van der Waals surface area contributed by atoms with Gasteiger partial charge in [0.25, 0.3) is 0 Å². The van der Waals surface area contributed by atoms with Crippen LogP contribution in [0.15, 0.2) is 42.9 Å². The second kappa shape index (κ2) is 9.98. The van der Waals surface area contributed by atoms with E-state index in [1.165, 1.54) is 15.9 Å². The molecule has 0 saturated carbocycles. The molecule has 32 heavy (non-hydrogen) atoms. The fourth-order valence-electron chi connectivity index (χ4n) is 3.72. The number of phosphoric acid groups is 1. The number of fused-ring (bicyclic) bond motifs is 3. The van der Waals surface area contributed by atoms with Gasteiger partial charge in [-0.25, -0.2) is 9.78 Å². The van der Waals surface area contributed by atoms with Gasteiger partial charge < -0.3 is 23.6 Å². The van der Waals surface area contributed by atoms with Gasteiger partial charge in [0.1, 0.15) is 12.4 Å². The minimum Gasteiger partial charge on any atom is -0.790 e. The average Bonchev–Trinajstić information content (AvgIpc) is 3.43. The first-order valence-corrected chi connectivity index (χ1v) is 10.3. The summed E-state index contributed by atoms with van der Waals surface area (Å²) in [7, 11) is -5.15. The molecule has 2 aliphatic rings. The van der Waals surface area contributed by atoms with Gasteiger partial charge in [-0.3, -0.25) is 4.90 Å². The normalized spacial score (nSPS) is 18.9. The molecule has 2 aliphatic heterocycles. The number of hydrogen-bond donors (Lipinski definition) is 0. The maximum Gasteiger partial charge on any atom is 1.00 e. The van der Waals surface area contributed by atoms with E-state index in [1.54, 1.807) is 18.3 Å². The number of cyclic esters (lactones) is 1. The smallest absolute Gasteiger partial charge is 0.790 e. The molecule has 15 heteroatoms. The van der Waals surface area contributed by atoms with Gasteiger partial charge in [0.05, 0.1) is 26.2 Å². The number of anilines is 1. The summed E-state index contributed by atoms with van der Waals surface area (Å²) >= 11 is 0. The van der Waals surface area contributed by atoms with E-state index in [9.17, 15) is 19.1 Å². The SMILES string of the molecule is O=C1O[C@@H](COP(=O)([O-])[O-])[C@@H]2Cc3cc(-c4ccc(-n5cnnn5)nc4)ccc3N12.[Na+].[Na+]. The van der Waals surface area contributed by atoms with Crippen molar-refractivity contribution in [2.45, 2.75) is 18.6 Å². The summed E-state index contributed by atoms with van der Waals surface area (Å²) in [6.45, 7) is -0.499. The number of phosphoric ester groups is 1. The second-order valence-electron chi connectivity index (χ2n) is 6.81. The molecule has 0 N–H and O–H groups in total. The molecule has 1 amide bonds. The van der Waals surface area contributed by atoms with Crippen LogP contribution in [-0.4, -0.2) is 50.0 Å². The van der Waals surface area contributed by atoms with Gasteiger partial charge in [-0.1, -0.05) is 6.07 Å². The van der Waals surface area contributed by atoms with Crippen LogP contribution in [0.2, 0.25) is 0 Å². The van der Waals surface area contributed by atoms with Crippen molar-refractivity contribution in [1.82, 2.24) is 25.2 Å². The van der Waals surface area contributed by atoms with Crippen molar-refractivity contribution < 1.29 is 87.5 Å². The Balaban J connectivity index is 0.00000144. The largest absolute Gasteiger partial charge is 1.00 e. The number of hydrogen-bond acceptors (Lipinski definition) is 10. The van der Waals surface area contributed by atoms with Gasteiger partial charge in [0.2, 0.25) is 0 Å². The molecule has 12 nitrogen and oxygen atoms in total. The molecule has 3 aromatic rings. The van der Waals surface area contributed by atoms with E-state index in [1.807, 2.05) is 18.2 Å². The van der Waals surface area contributed by atoms with Gasteiger partial charge in [-0.15, -0.1) is 5.10 Å². The fraction of sp³-hybridized carbons (Fsp3) is 0.235. The molecule has 5 rings (SSSR count). The van der Waals surface area contributed by atoms with E-state index in [0.717, 1.165) is 16.7 Å². The molecule has 2 atom stereocenters. The fourth-order valence-corrected chi connectivity index (χ4v) is 4.05. The summed E-state index contributed by atoms with van der Waals surface area (Å²) in [5, 5.41) is 10.9. The molecule has 154 valence electrons. The molecule has 1 fully saturated rings. The molecule has 4 heterocycles. The quantitative estimate of drug-likeness (QED) is 0.257. The molecular weight excluding hydrogens is 461 g/mol. The van der Waals surface area contributed by atoms with Crippen LogP contribution in [0.4, 0.5) is 10.5 Å². The number of carbonyl (C=O) groups is 1. The summed E-state index contributed by atoms with van der Waals surface area (Å²) in [6, 6.07) is 8.83. The number of aromatic nitrogens is 5. The van der Waals surface area contributed by atoms with Crippen LogP contribution in [0, 0.1) is 0 Å². The Bertz CT molecular complexity index is 1160. The molecule has 1 aromatic carbocycles. The van der Waals surface area contributed by atoms with Crippen LogP contribution < -0.4 is 73.8 Å². The second-order valence-corrected chi connectivity index (χ2v) is 7.96. The maximum atomic E-state index is 12.3. The molecule has 1 saturated heterocycles. The van der Waals surface area contributed by atoms with Crippen molar-refractivity contribution in [1.29, 1.82) is 0 Å². The zero-order chi connectivity index (χ0) is 20.9. The van der Waals surface area contributed by atoms with Gasteiger partial charge in [0, 0.05) is 11.8 Å². The Kier molecular flexibility index (Phi) is 7.93. The molecule has 0 unspecified atom stereocenters. The summed E-state index contributed by atoms with van der Waals surface area (Å²) in [5.41, 5.74) is 3.34. The Morgan fingerprint density at radius 1 is 1.19 bits per heavy atom. The third-order valence-electron chi connectivity index (χ3n) is 5.04. The van der Waals surface area contributed by atoms with Crippen molar-refractivity contribution in [3.8, 4) is 16.9 Å². The molecule has 0 spiro atoms. The Morgan fingerprint density at radius 2 is 1.97 bits per heavy atom. The molecule has 0 radical (unpaired) electrons. The van der Waals surface area contributed by atoms with Gasteiger partial charge in [-0.05, 0) is 52.2 Å². The van der Waals surface area contributed by atoms with Crippen molar-refractivity contribution in [2.24, 2.45) is 0 Å². The molecule has 0 aliphatic carbocycles. The van der Waals surface area contributed by atoms with E-state index in [4.69, 9.17) is 4.74 Å². The number of rotatable bonds is 5. The number of benzene rings is 1. The zero-order valence-electron chi connectivity index (χ0n) is 17.2. The topological polar surface area (TPSA) is 158 Å². The third kappa shape index (κ3) is 5.00. The number of carbonyl (C=O) groups excluding carboxylic acids is 1. The number of nitrogens with zero attached hydrogens (tertiary/aromatic N) is 6. The number of ether oxygens (including phenoxy) is 1. The predicted molar refractivity (Wildman–Crippen MR) is 96.2 cm³/mol. The van der Waals surface area contributed by atoms with Crippen LogP contribution in [-0.2, 0) is 20.2 Å². The van der Waals surface area contributed by atoms with Crippen LogP contribution in [0.25, 0.3) is 16.9 Å². The van der Waals surface area contributed by atoms with Crippen molar-refractivity contribution in [3.63, 3.8) is 0 Å². The minimum atomic E-state index is -5.15.